The van der Waals surface area contributed by atoms with E-state index < -0.39 is 5.60 Å². The second kappa shape index (κ2) is 7.81. The van der Waals surface area contributed by atoms with E-state index in [1.54, 1.807) is 4.90 Å². The molecular weight excluding hydrogens is 400 g/mol. The number of fused-ring (bicyclic) bond motifs is 1. The molecule has 31 heavy (non-hydrogen) atoms. The Morgan fingerprint density at radius 3 is 2.65 bits per heavy atom. The molecule has 2 aromatic heterocycles. The fourth-order valence-electron chi connectivity index (χ4n) is 4.33. The molecule has 0 N–H and O–H groups in total. The van der Waals surface area contributed by atoms with Gasteiger partial charge in [0.1, 0.15) is 5.60 Å². The van der Waals surface area contributed by atoms with Gasteiger partial charge in [0.25, 0.3) is 0 Å². The van der Waals surface area contributed by atoms with Crippen LogP contribution in [0.1, 0.15) is 62.7 Å². The number of likely N-dealkylation sites (tertiary alicyclic amines) is 1. The summed E-state index contributed by atoms with van der Waals surface area (Å²) in [5.74, 6) is 0.916. The topological polar surface area (TPSA) is 98.8 Å². The van der Waals surface area contributed by atoms with E-state index in [0.29, 0.717) is 31.7 Å². The zero-order valence-electron chi connectivity index (χ0n) is 18.4. The van der Waals surface area contributed by atoms with Gasteiger partial charge in [0.05, 0.1) is 37.7 Å². The highest BCUT2D eigenvalue weighted by Gasteiger charge is 2.32. The fraction of sp³-hybridized carbons (Fsp3) is 0.714. The predicted octanol–water partition coefficient (Wildman–Crippen LogP) is 2.51. The lowest BCUT2D eigenvalue weighted by atomic mass is 9.96. The quantitative estimate of drug-likeness (QED) is 0.733. The van der Waals surface area contributed by atoms with E-state index >= 15 is 0 Å². The molecule has 2 aromatic rings. The van der Waals surface area contributed by atoms with Crippen molar-refractivity contribution in [2.24, 2.45) is 0 Å². The molecule has 168 valence electrons. The van der Waals surface area contributed by atoms with Gasteiger partial charge in [-0.25, -0.2) is 4.79 Å². The average Bonchev–Trinajstić information content (AvgIpc) is 3.33. The van der Waals surface area contributed by atoms with E-state index in [1.165, 1.54) is 11.3 Å². The second-order valence-electron chi connectivity index (χ2n) is 9.60. The van der Waals surface area contributed by atoms with Crippen LogP contribution in [0.3, 0.4) is 0 Å². The minimum absolute atomic E-state index is 0.189. The van der Waals surface area contributed by atoms with Crippen LogP contribution >= 0.6 is 0 Å². The summed E-state index contributed by atoms with van der Waals surface area (Å²) in [6.07, 6.45) is 4.24. The SMILES string of the molecule is CC(C)(C)OC(=O)N1CCC(c2noc(N3CCc4cnn(C5COC5)c4C3)n2)CC1. The Balaban J connectivity index is 1.20. The van der Waals surface area contributed by atoms with Crippen molar-refractivity contribution in [3.05, 3.63) is 23.3 Å². The normalized spacial score (nSPS) is 20.5. The molecule has 5 heterocycles. The number of aromatic nitrogens is 4. The Hall–Kier alpha value is -2.62. The third kappa shape index (κ3) is 4.13. The minimum atomic E-state index is -0.480. The van der Waals surface area contributed by atoms with Gasteiger partial charge in [-0.2, -0.15) is 10.1 Å². The minimum Gasteiger partial charge on any atom is -0.444 e. The van der Waals surface area contributed by atoms with Crippen LogP contribution in [0.25, 0.3) is 0 Å². The van der Waals surface area contributed by atoms with Crippen LogP contribution < -0.4 is 4.90 Å². The molecule has 10 heteroatoms. The molecule has 5 rings (SSSR count). The number of hydrogen-bond acceptors (Lipinski definition) is 8. The lowest BCUT2D eigenvalue weighted by Gasteiger charge is -2.32. The van der Waals surface area contributed by atoms with E-state index in [4.69, 9.17) is 19.0 Å². The number of hydrogen-bond donors (Lipinski definition) is 0. The van der Waals surface area contributed by atoms with Crippen LogP contribution in [-0.4, -0.2) is 69.4 Å². The van der Waals surface area contributed by atoms with Crippen molar-refractivity contribution in [2.45, 2.75) is 64.1 Å². The van der Waals surface area contributed by atoms with Gasteiger partial charge in [-0.3, -0.25) is 4.68 Å². The number of nitrogens with zero attached hydrogens (tertiary/aromatic N) is 6. The summed E-state index contributed by atoms with van der Waals surface area (Å²) in [6, 6.07) is 0.893. The first-order valence-corrected chi connectivity index (χ1v) is 11.1. The van der Waals surface area contributed by atoms with E-state index in [9.17, 15) is 4.79 Å². The summed E-state index contributed by atoms with van der Waals surface area (Å²) in [5, 5.41) is 8.84. The Labute approximate surface area is 181 Å². The zero-order chi connectivity index (χ0) is 21.6. The van der Waals surface area contributed by atoms with Crippen LogP contribution in [0.5, 0.6) is 0 Å². The Kier molecular flexibility index (Phi) is 5.11. The highest BCUT2D eigenvalue weighted by Crippen LogP contribution is 2.31. The maximum absolute atomic E-state index is 12.3. The largest absolute Gasteiger partial charge is 0.444 e. The summed E-state index contributed by atoms with van der Waals surface area (Å²) >= 11 is 0. The van der Waals surface area contributed by atoms with Crippen molar-refractivity contribution >= 4 is 12.1 Å². The van der Waals surface area contributed by atoms with Gasteiger partial charge < -0.3 is 23.8 Å². The number of carbonyl (C=O) groups excluding carboxylic acids is 1. The molecule has 0 radical (unpaired) electrons. The van der Waals surface area contributed by atoms with Crippen molar-refractivity contribution in [1.29, 1.82) is 0 Å². The smallest absolute Gasteiger partial charge is 0.410 e. The average molecular weight is 431 g/mol. The van der Waals surface area contributed by atoms with Gasteiger partial charge in [0.2, 0.25) is 0 Å². The number of carbonyl (C=O) groups is 1. The zero-order valence-corrected chi connectivity index (χ0v) is 18.4. The molecular formula is C21H30N6O4. The third-order valence-electron chi connectivity index (χ3n) is 6.16. The molecule has 10 nitrogen and oxygen atoms in total. The van der Waals surface area contributed by atoms with Crippen LogP contribution in [0.15, 0.2) is 10.7 Å². The molecule has 3 aliphatic rings. The maximum atomic E-state index is 12.3. The van der Waals surface area contributed by atoms with Gasteiger partial charge in [0.15, 0.2) is 5.82 Å². The lowest BCUT2D eigenvalue weighted by Crippen LogP contribution is -2.41. The number of ether oxygens (including phenoxy) is 2. The summed E-state index contributed by atoms with van der Waals surface area (Å²) in [5.41, 5.74) is 2.02. The van der Waals surface area contributed by atoms with Crippen LogP contribution in [0, 0.1) is 0 Å². The standard InChI is InChI=1S/C21H30N6O4/c1-21(2,3)30-20(28)25-7-4-14(5-8-25)18-23-19(31-24-18)26-9-6-15-10-22-27(17(15)11-26)16-12-29-13-16/h10,14,16H,4-9,11-13H2,1-3H3. The van der Waals surface area contributed by atoms with Crippen molar-refractivity contribution < 1.29 is 18.8 Å². The number of rotatable bonds is 3. The first kappa shape index (κ1) is 20.3. The van der Waals surface area contributed by atoms with Gasteiger partial charge in [-0.1, -0.05) is 5.16 Å². The van der Waals surface area contributed by atoms with Gasteiger partial charge >= 0.3 is 12.1 Å². The molecule has 0 aromatic carbocycles. The monoisotopic (exact) mass is 430 g/mol. The Morgan fingerprint density at radius 1 is 1.19 bits per heavy atom. The number of piperidine rings is 1. The Bertz CT molecular complexity index is 936. The molecule has 0 aliphatic carbocycles. The second-order valence-corrected chi connectivity index (χ2v) is 9.60. The molecule has 1 amide bonds. The van der Waals surface area contributed by atoms with Crippen molar-refractivity contribution in [2.75, 3.05) is 37.7 Å². The highest BCUT2D eigenvalue weighted by atomic mass is 16.6. The van der Waals surface area contributed by atoms with Crippen LogP contribution in [0.2, 0.25) is 0 Å². The lowest BCUT2D eigenvalue weighted by molar-refractivity contribution is -0.0299. The van der Waals surface area contributed by atoms with Crippen molar-refractivity contribution in [3.63, 3.8) is 0 Å². The highest BCUT2D eigenvalue weighted by molar-refractivity contribution is 5.68. The fourth-order valence-corrected chi connectivity index (χ4v) is 4.33. The molecule has 0 unspecified atom stereocenters. The molecule has 0 atom stereocenters. The summed E-state index contributed by atoms with van der Waals surface area (Å²) in [4.78, 5) is 20.9. The Morgan fingerprint density at radius 2 is 1.97 bits per heavy atom. The van der Waals surface area contributed by atoms with Gasteiger partial charge in [-0.05, 0) is 45.6 Å². The van der Waals surface area contributed by atoms with E-state index in [2.05, 4.69) is 19.8 Å². The maximum Gasteiger partial charge on any atom is 0.410 e. The number of amides is 1. The van der Waals surface area contributed by atoms with Crippen molar-refractivity contribution in [1.82, 2.24) is 24.8 Å². The predicted molar refractivity (Wildman–Crippen MR) is 111 cm³/mol. The van der Waals surface area contributed by atoms with Crippen molar-refractivity contribution in [3.8, 4) is 0 Å². The molecule has 3 aliphatic heterocycles. The van der Waals surface area contributed by atoms with Gasteiger partial charge in [0, 0.05) is 25.6 Å². The molecule has 2 fully saturated rings. The molecule has 0 bridgehead atoms. The molecule has 0 saturated carbocycles. The van der Waals surface area contributed by atoms with E-state index in [-0.39, 0.29) is 12.0 Å². The summed E-state index contributed by atoms with van der Waals surface area (Å²) in [7, 11) is 0. The molecule has 0 spiro atoms. The van der Waals surface area contributed by atoms with Gasteiger partial charge in [-0.15, -0.1) is 0 Å². The first-order chi connectivity index (χ1) is 14.9. The molecule has 2 saturated heterocycles. The third-order valence-corrected chi connectivity index (χ3v) is 6.16. The van der Waals surface area contributed by atoms with E-state index in [0.717, 1.165) is 44.8 Å². The number of anilines is 1. The summed E-state index contributed by atoms with van der Waals surface area (Å²) < 4.78 is 18.5. The van der Waals surface area contributed by atoms with Crippen LogP contribution in [0.4, 0.5) is 10.8 Å². The van der Waals surface area contributed by atoms with Crippen LogP contribution in [-0.2, 0) is 22.4 Å². The summed E-state index contributed by atoms with van der Waals surface area (Å²) in [6.45, 7) is 9.92. The first-order valence-electron chi connectivity index (χ1n) is 11.1. The van der Waals surface area contributed by atoms with E-state index in [1.807, 2.05) is 27.0 Å².